The van der Waals surface area contributed by atoms with Crippen molar-refractivity contribution < 1.29 is 14.7 Å². The Labute approximate surface area is 144 Å². The summed E-state index contributed by atoms with van der Waals surface area (Å²) in [6, 6.07) is 4.90. The summed E-state index contributed by atoms with van der Waals surface area (Å²) >= 11 is 11.9. The van der Waals surface area contributed by atoms with Gasteiger partial charge in [-0.05, 0) is 61.1 Å². The number of benzene rings is 1. The van der Waals surface area contributed by atoms with Crippen LogP contribution in [0.3, 0.4) is 0 Å². The van der Waals surface area contributed by atoms with Crippen molar-refractivity contribution in [3.8, 4) is 0 Å². The van der Waals surface area contributed by atoms with E-state index in [1.807, 2.05) is 0 Å². The van der Waals surface area contributed by atoms with Gasteiger partial charge in [-0.3, -0.25) is 9.59 Å². The van der Waals surface area contributed by atoms with Crippen LogP contribution in [0.5, 0.6) is 0 Å². The van der Waals surface area contributed by atoms with Gasteiger partial charge in [-0.2, -0.15) is 0 Å². The SMILES string of the molecule is O=C(O)[C@@H]1[C@H](C(=O)Nc2ccc(Cl)c(Cl)c2)[C@@H]2CC[C@H]1C21CC1. The van der Waals surface area contributed by atoms with Crippen molar-refractivity contribution in [2.75, 3.05) is 5.32 Å². The van der Waals surface area contributed by atoms with E-state index in [2.05, 4.69) is 5.32 Å². The quantitative estimate of drug-likeness (QED) is 0.860. The van der Waals surface area contributed by atoms with E-state index in [1.54, 1.807) is 18.2 Å². The predicted molar refractivity (Wildman–Crippen MR) is 87.6 cm³/mol. The number of carbonyl (C=O) groups is 2. The number of aliphatic carboxylic acids is 1. The highest BCUT2D eigenvalue weighted by atomic mass is 35.5. The van der Waals surface area contributed by atoms with Gasteiger partial charge in [0.1, 0.15) is 0 Å². The summed E-state index contributed by atoms with van der Waals surface area (Å²) in [5.74, 6) is -1.67. The van der Waals surface area contributed by atoms with Gasteiger partial charge in [0, 0.05) is 5.69 Å². The van der Waals surface area contributed by atoms with Crippen LogP contribution < -0.4 is 5.32 Å². The van der Waals surface area contributed by atoms with Gasteiger partial charge in [-0.25, -0.2) is 0 Å². The van der Waals surface area contributed by atoms with Crippen molar-refractivity contribution in [2.45, 2.75) is 25.7 Å². The Morgan fingerprint density at radius 1 is 1.09 bits per heavy atom. The van der Waals surface area contributed by atoms with Crippen LogP contribution >= 0.6 is 23.2 Å². The van der Waals surface area contributed by atoms with Crippen LogP contribution in [-0.2, 0) is 9.59 Å². The van der Waals surface area contributed by atoms with Crippen molar-refractivity contribution in [1.29, 1.82) is 0 Å². The zero-order valence-electron chi connectivity index (χ0n) is 12.4. The lowest BCUT2D eigenvalue weighted by Crippen LogP contribution is -2.37. The van der Waals surface area contributed by atoms with Crippen LogP contribution in [0.4, 0.5) is 5.69 Å². The Morgan fingerprint density at radius 2 is 1.74 bits per heavy atom. The first-order valence-corrected chi connectivity index (χ1v) is 8.68. The standard InChI is InChI=1S/C17H17Cl2NO3/c18-11-4-1-8(7-12(11)19)20-15(21)13-9-2-3-10(14(13)16(22)23)17(9)5-6-17/h1,4,7,9-10,13-14H,2-3,5-6H2,(H,20,21)(H,22,23)/t9-,10+,13+,14-/m0/s1. The molecule has 1 amide bonds. The molecule has 4 rings (SSSR count). The summed E-state index contributed by atoms with van der Waals surface area (Å²) in [6.45, 7) is 0. The van der Waals surface area contributed by atoms with Gasteiger partial charge in [0.15, 0.2) is 0 Å². The number of anilines is 1. The molecule has 4 nitrogen and oxygen atoms in total. The summed E-state index contributed by atoms with van der Waals surface area (Å²) in [5.41, 5.74) is 0.684. The van der Waals surface area contributed by atoms with Crippen molar-refractivity contribution in [1.82, 2.24) is 0 Å². The maximum Gasteiger partial charge on any atom is 0.307 e. The number of hydrogen-bond acceptors (Lipinski definition) is 2. The predicted octanol–water partition coefficient (Wildman–Crippen LogP) is 4.07. The molecule has 6 heteroatoms. The number of halogens is 2. The van der Waals surface area contributed by atoms with Crippen LogP contribution in [0.25, 0.3) is 0 Å². The number of rotatable bonds is 3. The lowest BCUT2D eigenvalue weighted by atomic mass is 9.78. The molecule has 2 N–H and O–H groups in total. The van der Waals surface area contributed by atoms with Crippen molar-refractivity contribution >= 4 is 40.8 Å². The zero-order valence-corrected chi connectivity index (χ0v) is 13.9. The van der Waals surface area contributed by atoms with E-state index in [1.165, 1.54) is 0 Å². The molecule has 3 aliphatic rings. The third-order valence-electron chi connectivity index (χ3n) is 6.12. The van der Waals surface area contributed by atoms with E-state index in [0.29, 0.717) is 15.7 Å². The third-order valence-corrected chi connectivity index (χ3v) is 6.86. The first-order valence-electron chi connectivity index (χ1n) is 7.93. The summed E-state index contributed by atoms with van der Waals surface area (Å²) in [7, 11) is 0. The molecule has 3 saturated carbocycles. The maximum atomic E-state index is 12.8. The minimum atomic E-state index is -0.835. The average Bonchev–Trinajstić information content (AvgIpc) is 3.16. The molecule has 0 aromatic heterocycles. The van der Waals surface area contributed by atoms with Crippen LogP contribution in [0.15, 0.2) is 18.2 Å². The molecule has 3 aliphatic carbocycles. The second-order valence-electron chi connectivity index (χ2n) is 7.03. The molecule has 2 bridgehead atoms. The summed E-state index contributed by atoms with van der Waals surface area (Å²) < 4.78 is 0. The Balaban J connectivity index is 1.60. The first-order chi connectivity index (χ1) is 10.9. The topological polar surface area (TPSA) is 66.4 Å². The largest absolute Gasteiger partial charge is 0.481 e. The number of carboxylic acid groups (broad SMARTS) is 1. The minimum absolute atomic E-state index is 0.128. The molecule has 1 spiro atoms. The molecule has 0 aliphatic heterocycles. The molecular weight excluding hydrogens is 337 g/mol. The Kier molecular flexibility index (Phi) is 3.40. The molecule has 0 saturated heterocycles. The van der Waals surface area contributed by atoms with Crippen LogP contribution in [0.2, 0.25) is 10.0 Å². The van der Waals surface area contributed by atoms with E-state index >= 15 is 0 Å². The molecule has 122 valence electrons. The highest BCUT2D eigenvalue weighted by Crippen LogP contribution is 2.74. The fraction of sp³-hybridized carbons (Fsp3) is 0.529. The second kappa shape index (κ2) is 5.12. The molecule has 23 heavy (non-hydrogen) atoms. The fourth-order valence-electron chi connectivity index (χ4n) is 5.14. The van der Waals surface area contributed by atoms with E-state index in [9.17, 15) is 14.7 Å². The van der Waals surface area contributed by atoms with E-state index in [4.69, 9.17) is 23.2 Å². The first kappa shape index (κ1) is 15.3. The molecule has 1 aromatic carbocycles. The zero-order chi connectivity index (χ0) is 16.4. The van der Waals surface area contributed by atoms with Gasteiger partial charge in [0.2, 0.25) is 5.91 Å². The Hall–Kier alpha value is -1.26. The Morgan fingerprint density at radius 3 is 2.30 bits per heavy atom. The van der Waals surface area contributed by atoms with E-state index in [0.717, 1.165) is 25.7 Å². The highest BCUT2D eigenvalue weighted by Gasteiger charge is 2.71. The lowest BCUT2D eigenvalue weighted by Gasteiger charge is -2.27. The number of carbonyl (C=O) groups excluding carboxylic acids is 1. The van der Waals surface area contributed by atoms with Gasteiger partial charge >= 0.3 is 5.97 Å². The van der Waals surface area contributed by atoms with E-state index in [-0.39, 0.29) is 23.2 Å². The molecule has 0 radical (unpaired) electrons. The molecule has 1 aromatic rings. The molecule has 0 heterocycles. The maximum absolute atomic E-state index is 12.8. The van der Waals surface area contributed by atoms with Gasteiger partial charge in [-0.15, -0.1) is 0 Å². The van der Waals surface area contributed by atoms with Gasteiger partial charge in [0.25, 0.3) is 0 Å². The normalized spacial score (nSPS) is 33.0. The second-order valence-corrected chi connectivity index (χ2v) is 7.85. The highest BCUT2D eigenvalue weighted by molar-refractivity contribution is 6.42. The van der Waals surface area contributed by atoms with Crippen molar-refractivity contribution in [3.63, 3.8) is 0 Å². The fourth-order valence-corrected chi connectivity index (χ4v) is 5.44. The van der Waals surface area contributed by atoms with Crippen LogP contribution in [0, 0.1) is 29.1 Å². The van der Waals surface area contributed by atoms with Gasteiger partial charge in [0.05, 0.1) is 21.9 Å². The van der Waals surface area contributed by atoms with Crippen LogP contribution in [-0.4, -0.2) is 17.0 Å². The molecule has 3 fully saturated rings. The summed E-state index contributed by atoms with van der Waals surface area (Å²) in [5, 5.41) is 13.3. The third kappa shape index (κ3) is 2.18. The van der Waals surface area contributed by atoms with Crippen molar-refractivity contribution in [3.05, 3.63) is 28.2 Å². The molecule has 4 atom stereocenters. The number of amides is 1. The van der Waals surface area contributed by atoms with Gasteiger partial charge < -0.3 is 10.4 Å². The average molecular weight is 354 g/mol. The molecular formula is C17H17Cl2NO3. The Bertz CT molecular complexity index is 701. The number of carboxylic acids is 1. The lowest BCUT2D eigenvalue weighted by molar-refractivity contribution is -0.148. The number of nitrogens with one attached hydrogen (secondary N) is 1. The van der Waals surface area contributed by atoms with Crippen molar-refractivity contribution in [2.24, 2.45) is 29.1 Å². The van der Waals surface area contributed by atoms with Crippen LogP contribution in [0.1, 0.15) is 25.7 Å². The smallest absolute Gasteiger partial charge is 0.307 e. The van der Waals surface area contributed by atoms with E-state index < -0.39 is 17.8 Å². The monoisotopic (exact) mass is 353 g/mol. The number of hydrogen-bond donors (Lipinski definition) is 2. The summed E-state index contributed by atoms with van der Waals surface area (Å²) in [4.78, 5) is 24.5. The summed E-state index contributed by atoms with van der Waals surface area (Å²) in [6.07, 6.45) is 4.05. The minimum Gasteiger partial charge on any atom is -0.481 e. The molecule has 0 unspecified atom stereocenters. The van der Waals surface area contributed by atoms with Gasteiger partial charge in [-0.1, -0.05) is 23.2 Å².